The van der Waals surface area contributed by atoms with Gasteiger partial charge in [-0.3, -0.25) is 0 Å². The molecule has 0 bridgehead atoms. The van der Waals surface area contributed by atoms with Gasteiger partial charge >= 0.3 is 0 Å². The van der Waals surface area contributed by atoms with Gasteiger partial charge in [0.05, 0.1) is 0 Å². The molecule has 0 fully saturated rings. The number of hydrogen-bond donors (Lipinski definition) is 0. The Morgan fingerprint density at radius 2 is 1.33 bits per heavy atom. The van der Waals surface area contributed by atoms with E-state index in [4.69, 9.17) is 9.47 Å². The molecule has 0 rings (SSSR count). The first-order valence-electron chi connectivity index (χ1n) is 7.55. The maximum absolute atomic E-state index is 5.16. The van der Waals surface area contributed by atoms with E-state index < -0.39 is 0 Å². The number of hydrogen-bond acceptors (Lipinski definition) is 2. The van der Waals surface area contributed by atoms with Crippen molar-refractivity contribution in [2.75, 3.05) is 14.2 Å². The predicted molar refractivity (Wildman–Crippen MR) is 78.8 cm³/mol. The molecule has 0 aliphatic heterocycles. The molecule has 0 radical (unpaired) electrons. The maximum Gasteiger partial charge on any atom is 0.156 e. The Morgan fingerprint density at radius 1 is 0.778 bits per heavy atom. The molecular formula is C16H32O2. The van der Waals surface area contributed by atoms with E-state index in [1.165, 1.54) is 57.8 Å². The first-order chi connectivity index (χ1) is 8.85. The van der Waals surface area contributed by atoms with Crippen LogP contribution in [0.4, 0.5) is 0 Å². The lowest BCUT2D eigenvalue weighted by Gasteiger charge is -2.12. The smallest absolute Gasteiger partial charge is 0.156 e. The highest BCUT2D eigenvalue weighted by Crippen LogP contribution is 2.10. The molecule has 0 amide bonds. The van der Waals surface area contributed by atoms with E-state index in [0.29, 0.717) is 0 Å². The Labute approximate surface area is 114 Å². The topological polar surface area (TPSA) is 18.5 Å². The van der Waals surface area contributed by atoms with Crippen LogP contribution >= 0.6 is 0 Å². The van der Waals surface area contributed by atoms with Gasteiger partial charge in [-0.1, -0.05) is 51.2 Å². The largest absolute Gasteiger partial charge is 0.356 e. The van der Waals surface area contributed by atoms with Gasteiger partial charge in [-0.05, 0) is 32.1 Å². The van der Waals surface area contributed by atoms with E-state index >= 15 is 0 Å². The lowest BCUT2D eigenvalue weighted by molar-refractivity contribution is -0.107. The van der Waals surface area contributed by atoms with Crippen LogP contribution < -0.4 is 0 Å². The van der Waals surface area contributed by atoms with Gasteiger partial charge in [-0.25, -0.2) is 0 Å². The quantitative estimate of drug-likeness (QED) is 0.260. The van der Waals surface area contributed by atoms with Gasteiger partial charge in [-0.15, -0.1) is 0 Å². The summed E-state index contributed by atoms with van der Waals surface area (Å²) in [7, 11) is 3.41. The first kappa shape index (κ1) is 17.7. The monoisotopic (exact) mass is 256 g/mol. The summed E-state index contributed by atoms with van der Waals surface area (Å²) in [5.74, 6) is 0. The molecule has 0 atom stereocenters. The van der Waals surface area contributed by atoms with Crippen LogP contribution in [0.1, 0.15) is 71.1 Å². The van der Waals surface area contributed by atoms with Gasteiger partial charge in [-0.2, -0.15) is 0 Å². The summed E-state index contributed by atoms with van der Waals surface area (Å²) in [6.07, 6.45) is 17.4. The fraction of sp³-hybridized carbons (Fsp3) is 0.875. The Hall–Kier alpha value is -0.340. The summed E-state index contributed by atoms with van der Waals surface area (Å²) in [5.41, 5.74) is 0. The van der Waals surface area contributed by atoms with E-state index in [2.05, 4.69) is 19.1 Å². The van der Waals surface area contributed by atoms with E-state index in [1.54, 1.807) is 14.2 Å². The van der Waals surface area contributed by atoms with Crippen LogP contribution in [0.3, 0.4) is 0 Å². The molecule has 0 heterocycles. The van der Waals surface area contributed by atoms with Gasteiger partial charge in [0.15, 0.2) is 6.29 Å². The average molecular weight is 256 g/mol. The summed E-state index contributed by atoms with van der Waals surface area (Å²) in [4.78, 5) is 0. The number of ether oxygens (including phenoxy) is 2. The van der Waals surface area contributed by atoms with Gasteiger partial charge in [0.25, 0.3) is 0 Å². The number of allylic oxidation sites excluding steroid dienone is 2. The molecule has 0 aromatic rings. The minimum absolute atomic E-state index is 0.00787. The Bertz CT molecular complexity index is 174. The van der Waals surface area contributed by atoms with Crippen LogP contribution in [0.25, 0.3) is 0 Å². The van der Waals surface area contributed by atoms with E-state index in [1.807, 2.05) is 0 Å². The molecule has 0 aromatic carbocycles. The van der Waals surface area contributed by atoms with Crippen molar-refractivity contribution < 1.29 is 9.47 Å². The second kappa shape index (κ2) is 14.7. The number of methoxy groups -OCH3 is 2. The lowest BCUT2D eigenvalue weighted by atomic mass is 10.1. The molecule has 108 valence electrons. The Morgan fingerprint density at radius 3 is 1.94 bits per heavy atom. The second-order valence-electron chi connectivity index (χ2n) is 4.86. The lowest BCUT2D eigenvalue weighted by Crippen LogP contribution is -2.12. The molecule has 0 aliphatic carbocycles. The Balaban J connectivity index is 3.14. The molecule has 0 aliphatic rings. The molecule has 0 unspecified atom stereocenters. The van der Waals surface area contributed by atoms with Crippen LogP contribution in [-0.4, -0.2) is 20.5 Å². The third kappa shape index (κ3) is 12.1. The van der Waals surface area contributed by atoms with Crippen LogP contribution in [0.15, 0.2) is 12.2 Å². The molecule has 2 nitrogen and oxygen atoms in total. The molecule has 0 saturated heterocycles. The highest BCUT2D eigenvalue weighted by atomic mass is 16.7. The molecule has 18 heavy (non-hydrogen) atoms. The molecule has 0 aromatic heterocycles. The van der Waals surface area contributed by atoms with Gasteiger partial charge in [0.2, 0.25) is 0 Å². The fourth-order valence-electron chi connectivity index (χ4n) is 1.99. The van der Waals surface area contributed by atoms with Gasteiger partial charge < -0.3 is 9.47 Å². The normalized spacial score (nSPS) is 11.8. The fourth-order valence-corrected chi connectivity index (χ4v) is 1.99. The summed E-state index contributed by atoms with van der Waals surface area (Å²) >= 11 is 0. The number of rotatable bonds is 13. The first-order valence-corrected chi connectivity index (χ1v) is 7.55. The minimum Gasteiger partial charge on any atom is -0.356 e. The Kier molecular flexibility index (Phi) is 14.4. The van der Waals surface area contributed by atoms with Crippen molar-refractivity contribution in [2.24, 2.45) is 0 Å². The molecule has 0 N–H and O–H groups in total. The van der Waals surface area contributed by atoms with Crippen molar-refractivity contribution in [1.29, 1.82) is 0 Å². The summed E-state index contributed by atoms with van der Waals surface area (Å²) < 4.78 is 10.3. The zero-order valence-electron chi connectivity index (χ0n) is 12.6. The molecule has 0 spiro atoms. The zero-order chi connectivity index (χ0) is 13.5. The van der Waals surface area contributed by atoms with Crippen molar-refractivity contribution >= 4 is 0 Å². The third-order valence-electron chi connectivity index (χ3n) is 3.23. The van der Waals surface area contributed by atoms with Crippen molar-refractivity contribution in [3.05, 3.63) is 12.2 Å². The summed E-state index contributed by atoms with van der Waals surface area (Å²) in [5, 5.41) is 0. The highest BCUT2D eigenvalue weighted by Gasteiger charge is 2.03. The zero-order valence-corrected chi connectivity index (χ0v) is 12.6. The predicted octanol–water partition coefficient (Wildman–Crippen LogP) is 5.08. The standard InChI is InChI=1S/C16H32O2/c1-4-5-6-7-8-9-10-11-12-13-14-15-16(17-2)18-3/h7-8,16H,4-6,9-15H2,1-3H3/b8-7-. The van der Waals surface area contributed by atoms with Crippen molar-refractivity contribution in [3.63, 3.8) is 0 Å². The second-order valence-corrected chi connectivity index (χ2v) is 4.86. The van der Waals surface area contributed by atoms with Crippen LogP contribution in [0.2, 0.25) is 0 Å². The van der Waals surface area contributed by atoms with Gasteiger partial charge in [0.1, 0.15) is 0 Å². The minimum atomic E-state index is -0.00787. The van der Waals surface area contributed by atoms with E-state index in [-0.39, 0.29) is 6.29 Å². The maximum atomic E-state index is 5.16. The summed E-state index contributed by atoms with van der Waals surface area (Å²) in [6, 6.07) is 0. The van der Waals surface area contributed by atoms with Crippen molar-refractivity contribution in [3.8, 4) is 0 Å². The molecule has 0 saturated carbocycles. The highest BCUT2D eigenvalue weighted by molar-refractivity contribution is 4.81. The SMILES string of the molecule is CCCC/C=C\CCCCCCCC(OC)OC. The van der Waals surface area contributed by atoms with Crippen molar-refractivity contribution in [1.82, 2.24) is 0 Å². The summed E-state index contributed by atoms with van der Waals surface area (Å²) in [6.45, 7) is 2.24. The van der Waals surface area contributed by atoms with Gasteiger partial charge in [0, 0.05) is 14.2 Å². The van der Waals surface area contributed by atoms with Crippen LogP contribution in [0, 0.1) is 0 Å². The number of unbranched alkanes of at least 4 members (excludes halogenated alkanes) is 7. The third-order valence-corrected chi connectivity index (χ3v) is 3.23. The van der Waals surface area contributed by atoms with E-state index in [0.717, 1.165) is 6.42 Å². The van der Waals surface area contributed by atoms with E-state index in [9.17, 15) is 0 Å². The van der Waals surface area contributed by atoms with Crippen LogP contribution in [0.5, 0.6) is 0 Å². The molecular weight excluding hydrogens is 224 g/mol. The van der Waals surface area contributed by atoms with Crippen LogP contribution in [-0.2, 0) is 9.47 Å². The van der Waals surface area contributed by atoms with Crippen molar-refractivity contribution in [2.45, 2.75) is 77.4 Å². The average Bonchev–Trinajstić information content (AvgIpc) is 2.40. The molecule has 2 heteroatoms.